The molecule has 2 N–H and O–H groups in total. The molecule has 1 aromatic rings. The van der Waals surface area contributed by atoms with Crippen molar-refractivity contribution in [3.8, 4) is 0 Å². The molecule has 6 heteroatoms. The van der Waals surface area contributed by atoms with Crippen LogP contribution in [-0.2, 0) is 4.79 Å². The predicted octanol–water partition coefficient (Wildman–Crippen LogP) is 3.46. The third kappa shape index (κ3) is 4.06. The lowest BCUT2D eigenvalue weighted by molar-refractivity contribution is -0.117. The molecule has 19 heavy (non-hydrogen) atoms. The van der Waals surface area contributed by atoms with Crippen LogP contribution >= 0.6 is 23.2 Å². The van der Waals surface area contributed by atoms with Gasteiger partial charge < -0.3 is 10.6 Å². The number of carbonyl (C=O) groups excluding carboxylic acids is 1. The molecule has 0 spiro atoms. The van der Waals surface area contributed by atoms with Gasteiger partial charge in [0, 0.05) is 12.1 Å². The van der Waals surface area contributed by atoms with Crippen LogP contribution in [0, 0.1) is 11.7 Å². The molecule has 0 aliphatic carbocycles. The number of amides is 1. The van der Waals surface area contributed by atoms with Crippen LogP contribution in [0.1, 0.15) is 19.3 Å². The maximum absolute atomic E-state index is 13.2. The number of benzene rings is 1. The van der Waals surface area contributed by atoms with Gasteiger partial charge >= 0.3 is 0 Å². The maximum Gasteiger partial charge on any atom is 0.224 e. The lowest BCUT2D eigenvalue weighted by Crippen LogP contribution is -2.30. The number of piperidine rings is 1. The minimum absolute atomic E-state index is 0.0920. The summed E-state index contributed by atoms with van der Waals surface area (Å²) < 4.78 is 13.2. The lowest BCUT2D eigenvalue weighted by atomic mass is 9.94. The highest BCUT2D eigenvalue weighted by atomic mass is 35.5. The molecule has 3 nitrogen and oxygen atoms in total. The first-order chi connectivity index (χ1) is 9.06. The van der Waals surface area contributed by atoms with Gasteiger partial charge in [-0.25, -0.2) is 4.39 Å². The van der Waals surface area contributed by atoms with E-state index >= 15 is 0 Å². The molecule has 0 atom stereocenters. The van der Waals surface area contributed by atoms with Crippen LogP contribution in [0.15, 0.2) is 12.1 Å². The monoisotopic (exact) mass is 304 g/mol. The molecule has 104 valence electrons. The van der Waals surface area contributed by atoms with Gasteiger partial charge in [-0.2, -0.15) is 0 Å². The molecule has 1 aromatic carbocycles. The summed E-state index contributed by atoms with van der Waals surface area (Å²) in [5.41, 5.74) is 0.426. The third-order valence-corrected chi connectivity index (χ3v) is 3.75. The molecule has 0 radical (unpaired) electrons. The van der Waals surface area contributed by atoms with Gasteiger partial charge in [-0.1, -0.05) is 23.2 Å². The van der Waals surface area contributed by atoms with E-state index in [0.717, 1.165) is 25.9 Å². The summed E-state index contributed by atoms with van der Waals surface area (Å²) in [5.74, 6) is -0.363. The molecule has 1 aliphatic heterocycles. The van der Waals surface area contributed by atoms with Crippen molar-refractivity contribution in [1.82, 2.24) is 5.32 Å². The summed E-state index contributed by atoms with van der Waals surface area (Å²) in [4.78, 5) is 11.9. The largest absolute Gasteiger partial charge is 0.326 e. The summed E-state index contributed by atoms with van der Waals surface area (Å²) in [7, 11) is 0. The lowest BCUT2D eigenvalue weighted by Gasteiger charge is -2.21. The average molecular weight is 305 g/mol. The van der Waals surface area contributed by atoms with Crippen LogP contribution in [0.2, 0.25) is 10.0 Å². The van der Waals surface area contributed by atoms with Gasteiger partial charge in [-0.3, -0.25) is 4.79 Å². The molecular weight excluding hydrogens is 290 g/mol. The van der Waals surface area contributed by atoms with E-state index in [1.165, 1.54) is 12.1 Å². The Kier molecular flexibility index (Phi) is 5.02. The fourth-order valence-electron chi connectivity index (χ4n) is 2.19. The molecule has 0 bridgehead atoms. The molecule has 0 saturated carbocycles. The van der Waals surface area contributed by atoms with Crippen molar-refractivity contribution in [2.75, 3.05) is 18.4 Å². The SMILES string of the molecule is O=C(CC1CCNCC1)Nc1cc(Cl)c(F)c(Cl)c1. The number of rotatable bonds is 3. The van der Waals surface area contributed by atoms with Crippen LogP contribution in [0.3, 0.4) is 0 Å². The molecule has 1 aliphatic rings. The van der Waals surface area contributed by atoms with Crippen LogP contribution in [0.25, 0.3) is 0 Å². The number of nitrogens with one attached hydrogen (secondary N) is 2. The highest BCUT2D eigenvalue weighted by Crippen LogP contribution is 2.27. The number of anilines is 1. The maximum atomic E-state index is 13.2. The summed E-state index contributed by atoms with van der Waals surface area (Å²) in [6.07, 6.45) is 2.46. The van der Waals surface area contributed by atoms with Crippen LogP contribution in [0.4, 0.5) is 10.1 Å². The Morgan fingerprint density at radius 2 is 1.89 bits per heavy atom. The zero-order valence-electron chi connectivity index (χ0n) is 10.3. The number of hydrogen-bond acceptors (Lipinski definition) is 2. The van der Waals surface area contributed by atoms with Gasteiger partial charge in [-0.05, 0) is 44.0 Å². The smallest absolute Gasteiger partial charge is 0.224 e. The van der Waals surface area contributed by atoms with Gasteiger partial charge in [0.05, 0.1) is 10.0 Å². The van der Waals surface area contributed by atoms with Crippen molar-refractivity contribution < 1.29 is 9.18 Å². The Morgan fingerprint density at radius 3 is 2.47 bits per heavy atom. The van der Waals surface area contributed by atoms with Crippen LogP contribution < -0.4 is 10.6 Å². The zero-order valence-corrected chi connectivity index (χ0v) is 11.8. The van der Waals surface area contributed by atoms with E-state index in [4.69, 9.17) is 23.2 Å². The fraction of sp³-hybridized carbons (Fsp3) is 0.462. The normalized spacial score (nSPS) is 16.4. The van der Waals surface area contributed by atoms with Gasteiger partial charge in [0.2, 0.25) is 5.91 Å². The van der Waals surface area contributed by atoms with Crippen molar-refractivity contribution in [3.63, 3.8) is 0 Å². The standard InChI is InChI=1S/C13H15Cl2FN2O/c14-10-6-9(7-11(15)13(10)16)18-12(19)5-8-1-3-17-4-2-8/h6-8,17H,1-5H2,(H,18,19). The van der Waals surface area contributed by atoms with E-state index in [0.29, 0.717) is 18.0 Å². The predicted molar refractivity (Wildman–Crippen MR) is 75.3 cm³/mol. The summed E-state index contributed by atoms with van der Waals surface area (Å²) >= 11 is 11.4. The van der Waals surface area contributed by atoms with Gasteiger partial charge in [0.15, 0.2) is 5.82 Å². The highest BCUT2D eigenvalue weighted by Gasteiger charge is 2.17. The summed E-state index contributed by atoms with van der Waals surface area (Å²) in [6.45, 7) is 1.90. The average Bonchev–Trinajstić information content (AvgIpc) is 2.37. The molecule has 1 heterocycles. The van der Waals surface area contributed by atoms with E-state index in [1.54, 1.807) is 0 Å². The van der Waals surface area contributed by atoms with E-state index in [1.807, 2.05) is 0 Å². The van der Waals surface area contributed by atoms with Crippen LogP contribution in [-0.4, -0.2) is 19.0 Å². The van der Waals surface area contributed by atoms with E-state index < -0.39 is 5.82 Å². The molecule has 2 rings (SSSR count). The fourth-order valence-corrected chi connectivity index (χ4v) is 2.67. The third-order valence-electron chi connectivity index (χ3n) is 3.20. The first kappa shape index (κ1) is 14.6. The second-order valence-electron chi connectivity index (χ2n) is 4.70. The molecule has 1 fully saturated rings. The molecule has 0 aromatic heterocycles. The minimum Gasteiger partial charge on any atom is -0.326 e. The minimum atomic E-state index is -0.667. The van der Waals surface area contributed by atoms with Gasteiger partial charge in [-0.15, -0.1) is 0 Å². The van der Waals surface area contributed by atoms with Crippen molar-refractivity contribution in [3.05, 3.63) is 28.0 Å². The highest BCUT2D eigenvalue weighted by molar-refractivity contribution is 6.35. The Bertz CT molecular complexity index is 453. The topological polar surface area (TPSA) is 41.1 Å². The second kappa shape index (κ2) is 6.55. The van der Waals surface area contributed by atoms with Crippen molar-refractivity contribution in [1.29, 1.82) is 0 Å². The number of carbonyl (C=O) groups is 1. The van der Waals surface area contributed by atoms with Crippen molar-refractivity contribution >= 4 is 34.8 Å². The molecular formula is C13H15Cl2FN2O. The first-order valence-corrected chi connectivity index (χ1v) is 6.97. The summed E-state index contributed by atoms with van der Waals surface area (Å²) in [6, 6.07) is 2.73. The van der Waals surface area contributed by atoms with E-state index in [2.05, 4.69) is 10.6 Å². The Labute approximate surface area is 121 Å². The van der Waals surface area contributed by atoms with Gasteiger partial charge in [0.25, 0.3) is 0 Å². The Balaban J connectivity index is 1.94. The Morgan fingerprint density at radius 1 is 1.32 bits per heavy atom. The molecule has 0 unspecified atom stereocenters. The second-order valence-corrected chi connectivity index (χ2v) is 5.51. The summed E-state index contributed by atoms with van der Waals surface area (Å²) in [5, 5.41) is 5.77. The number of halogens is 3. The molecule has 1 amide bonds. The Hall–Kier alpha value is -0.840. The van der Waals surface area contributed by atoms with Crippen molar-refractivity contribution in [2.45, 2.75) is 19.3 Å². The zero-order chi connectivity index (χ0) is 13.8. The van der Waals surface area contributed by atoms with E-state index in [-0.39, 0.29) is 16.0 Å². The molecule has 1 saturated heterocycles. The van der Waals surface area contributed by atoms with Crippen LogP contribution in [0.5, 0.6) is 0 Å². The number of hydrogen-bond donors (Lipinski definition) is 2. The first-order valence-electron chi connectivity index (χ1n) is 6.21. The van der Waals surface area contributed by atoms with Crippen molar-refractivity contribution in [2.24, 2.45) is 5.92 Å². The van der Waals surface area contributed by atoms with E-state index in [9.17, 15) is 9.18 Å². The quantitative estimate of drug-likeness (QED) is 0.840. The van der Waals surface area contributed by atoms with Gasteiger partial charge in [0.1, 0.15) is 0 Å².